The summed E-state index contributed by atoms with van der Waals surface area (Å²) in [6.07, 6.45) is 5.10. The molecule has 126 valence electrons. The van der Waals surface area contributed by atoms with Crippen molar-refractivity contribution in [2.45, 2.75) is 12.8 Å². The van der Waals surface area contributed by atoms with E-state index in [1.807, 2.05) is 16.8 Å². The summed E-state index contributed by atoms with van der Waals surface area (Å²) in [4.78, 5) is 31.7. The van der Waals surface area contributed by atoms with Gasteiger partial charge in [-0.15, -0.1) is 0 Å². The molecule has 0 aromatic carbocycles. The van der Waals surface area contributed by atoms with Gasteiger partial charge in [0.1, 0.15) is 0 Å². The summed E-state index contributed by atoms with van der Waals surface area (Å²) in [5.41, 5.74) is 0.687. The second kappa shape index (κ2) is 6.74. The fourth-order valence-corrected chi connectivity index (χ4v) is 4.09. The summed E-state index contributed by atoms with van der Waals surface area (Å²) in [6.45, 7) is 2.77. The maximum absolute atomic E-state index is 12.6. The van der Waals surface area contributed by atoms with Crippen molar-refractivity contribution < 1.29 is 14.3 Å². The molecule has 2 amide bonds. The topological polar surface area (TPSA) is 65.6 Å². The fourth-order valence-electron chi connectivity index (χ4n) is 4.09. The van der Waals surface area contributed by atoms with Crippen LogP contribution in [0, 0.1) is 17.8 Å². The van der Waals surface area contributed by atoms with Crippen LogP contribution in [0.4, 0.5) is 0 Å². The minimum absolute atomic E-state index is 0.0120. The van der Waals surface area contributed by atoms with E-state index in [0.29, 0.717) is 37.1 Å². The molecule has 3 atom stereocenters. The van der Waals surface area contributed by atoms with Crippen LogP contribution in [0.5, 0.6) is 0 Å². The second-order valence-electron chi connectivity index (χ2n) is 6.67. The Morgan fingerprint density at radius 3 is 2.87 bits per heavy atom. The number of aromatic amines is 1. The summed E-state index contributed by atoms with van der Waals surface area (Å²) in [6, 6.07) is 1.80. The molecule has 2 aliphatic rings. The lowest BCUT2D eigenvalue weighted by molar-refractivity contribution is -0.143. The van der Waals surface area contributed by atoms with Crippen LogP contribution in [0.1, 0.15) is 23.2 Å². The van der Waals surface area contributed by atoms with Crippen molar-refractivity contribution in [1.82, 2.24) is 14.8 Å². The molecule has 0 radical (unpaired) electrons. The molecule has 23 heavy (non-hydrogen) atoms. The van der Waals surface area contributed by atoms with Gasteiger partial charge in [-0.1, -0.05) is 0 Å². The number of amides is 2. The zero-order valence-electron chi connectivity index (χ0n) is 13.8. The minimum atomic E-state index is 0.0120. The number of fused-ring (bicyclic) bond motifs is 1. The van der Waals surface area contributed by atoms with Gasteiger partial charge < -0.3 is 19.5 Å². The number of hydrogen-bond donors (Lipinski definition) is 1. The predicted molar refractivity (Wildman–Crippen MR) is 85.9 cm³/mol. The van der Waals surface area contributed by atoms with Gasteiger partial charge in [0.2, 0.25) is 5.91 Å². The molecule has 6 nitrogen and oxygen atoms in total. The van der Waals surface area contributed by atoms with Crippen LogP contribution in [-0.2, 0) is 9.53 Å². The van der Waals surface area contributed by atoms with Gasteiger partial charge >= 0.3 is 0 Å². The van der Waals surface area contributed by atoms with Crippen LogP contribution in [0.15, 0.2) is 18.5 Å². The number of piperidine rings is 1. The fraction of sp³-hybridized carbons (Fsp3) is 0.647. The Morgan fingerprint density at radius 1 is 1.39 bits per heavy atom. The summed E-state index contributed by atoms with van der Waals surface area (Å²) < 4.78 is 5.37. The van der Waals surface area contributed by atoms with E-state index in [9.17, 15) is 9.59 Å². The molecular weight excluding hydrogens is 294 g/mol. The largest absolute Gasteiger partial charge is 0.384 e. The Hall–Kier alpha value is -1.82. The highest BCUT2D eigenvalue weighted by atomic mass is 16.5. The van der Waals surface area contributed by atoms with E-state index in [0.717, 1.165) is 19.4 Å². The SMILES string of the molecule is COC[C@@H]1CN(C)C(=O)[C@H]2CCN(C(=O)c3cc[nH]c3)CC[C@@H]12. The van der Waals surface area contributed by atoms with Gasteiger partial charge in [-0.2, -0.15) is 0 Å². The summed E-state index contributed by atoms with van der Waals surface area (Å²) >= 11 is 0. The Morgan fingerprint density at radius 2 is 2.17 bits per heavy atom. The number of carbonyl (C=O) groups is 2. The maximum atomic E-state index is 12.6. The molecule has 3 rings (SSSR count). The zero-order chi connectivity index (χ0) is 16.4. The normalized spacial score (nSPS) is 28.4. The quantitative estimate of drug-likeness (QED) is 0.911. The van der Waals surface area contributed by atoms with Crippen LogP contribution in [0.25, 0.3) is 0 Å². The van der Waals surface area contributed by atoms with Gasteiger partial charge in [0.15, 0.2) is 0 Å². The molecule has 2 aliphatic heterocycles. The number of rotatable bonds is 3. The average Bonchev–Trinajstić information content (AvgIpc) is 2.98. The molecule has 1 aromatic rings. The third kappa shape index (κ3) is 3.13. The molecule has 0 bridgehead atoms. The van der Waals surface area contributed by atoms with Gasteiger partial charge in [-0.3, -0.25) is 9.59 Å². The van der Waals surface area contributed by atoms with Gasteiger partial charge in [0, 0.05) is 58.0 Å². The third-order valence-corrected chi connectivity index (χ3v) is 5.28. The highest BCUT2D eigenvalue weighted by molar-refractivity contribution is 5.94. The van der Waals surface area contributed by atoms with E-state index in [-0.39, 0.29) is 17.7 Å². The van der Waals surface area contributed by atoms with Crippen molar-refractivity contribution >= 4 is 11.8 Å². The summed E-state index contributed by atoms with van der Waals surface area (Å²) in [5, 5.41) is 0. The predicted octanol–water partition coefficient (Wildman–Crippen LogP) is 1.22. The Balaban J connectivity index is 1.75. The first-order chi connectivity index (χ1) is 11.1. The Bertz CT molecular complexity index is 557. The third-order valence-electron chi connectivity index (χ3n) is 5.28. The first-order valence-electron chi connectivity index (χ1n) is 8.27. The van der Waals surface area contributed by atoms with E-state index >= 15 is 0 Å². The number of nitrogens with zero attached hydrogens (tertiary/aromatic N) is 2. The molecule has 2 saturated heterocycles. The van der Waals surface area contributed by atoms with Crippen LogP contribution in [-0.4, -0.2) is 67.0 Å². The second-order valence-corrected chi connectivity index (χ2v) is 6.67. The molecule has 3 heterocycles. The number of hydrogen-bond acceptors (Lipinski definition) is 3. The molecule has 2 fully saturated rings. The van der Waals surface area contributed by atoms with E-state index in [2.05, 4.69) is 4.98 Å². The van der Waals surface area contributed by atoms with Crippen LogP contribution < -0.4 is 0 Å². The molecule has 1 N–H and O–H groups in total. The van der Waals surface area contributed by atoms with Gasteiger partial charge in [0.25, 0.3) is 5.91 Å². The highest BCUT2D eigenvalue weighted by Crippen LogP contribution is 2.36. The number of ether oxygens (including phenoxy) is 1. The monoisotopic (exact) mass is 319 g/mol. The van der Waals surface area contributed by atoms with Crippen molar-refractivity contribution in [3.63, 3.8) is 0 Å². The first kappa shape index (κ1) is 16.1. The van der Waals surface area contributed by atoms with Crippen molar-refractivity contribution in [2.75, 3.05) is 40.4 Å². The number of likely N-dealkylation sites (tertiary alicyclic amines) is 2. The lowest BCUT2D eigenvalue weighted by atomic mass is 9.75. The molecule has 0 spiro atoms. The molecule has 6 heteroatoms. The van der Waals surface area contributed by atoms with Crippen LogP contribution >= 0.6 is 0 Å². The molecular formula is C17H25N3O3. The van der Waals surface area contributed by atoms with Crippen molar-refractivity contribution in [2.24, 2.45) is 17.8 Å². The number of nitrogens with one attached hydrogen (secondary N) is 1. The van der Waals surface area contributed by atoms with Crippen LogP contribution in [0.3, 0.4) is 0 Å². The molecule has 0 unspecified atom stereocenters. The lowest BCUT2D eigenvalue weighted by Gasteiger charge is -2.40. The van der Waals surface area contributed by atoms with E-state index < -0.39 is 0 Å². The highest BCUT2D eigenvalue weighted by Gasteiger charge is 2.42. The standard InChI is InChI=1S/C17H25N3O3/c1-19-10-13(11-23-2)14-4-7-20(8-5-15(14)17(19)22)16(21)12-3-6-18-9-12/h3,6,9,13-15,18H,4-5,7-8,10-11H2,1-2H3/t13-,14-,15-/m0/s1. The average molecular weight is 319 g/mol. The summed E-state index contributed by atoms with van der Waals surface area (Å²) in [7, 11) is 3.58. The van der Waals surface area contributed by atoms with Gasteiger partial charge in [-0.25, -0.2) is 0 Å². The Kier molecular flexibility index (Phi) is 4.71. The smallest absolute Gasteiger partial charge is 0.255 e. The Labute approximate surface area is 136 Å². The molecule has 0 aliphatic carbocycles. The van der Waals surface area contributed by atoms with Crippen molar-refractivity contribution in [3.8, 4) is 0 Å². The molecule has 0 saturated carbocycles. The first-order valence-corrected chi connectivity index (χ1v) is 8.27. The number of aromatic nitrogens is 1. The van der Waals surface area contributed by atoms with Gasteiger partial charge in [-0.05, 0) is 24.8 Å². The summed E-state index contributed by atoms with van der Waals surface area (Å²) in [5.74, 6) is 0.947. The van der Waals surface area contributed by atoms with Crippen molar-refractivity contribution in [1.29, 1.82) is 0 Å². The van der Waals surface area contributed by atoms with E-state index in [1.165, 1.54) is 0 Å². The maximum Gasteiger partial charge on any atom is 0.255 e. The number of carbonyl (C=O) groups excluding carboxylic acids is 2. The number of methoxy groups -OCH3 is 1. The minimum Gasteiger partial charge on any atom is -0.384 e. The van der Waals surface area contributed by atoms with E-state index in [4.69, 9.17) is 4.74 Å². The molecule has 1 aromatic heterocycles. The van der Waals surface area contributed by atoms with E-state index in [1.54, 1.807) is 25.6 Å². The van der Waals surface area contributed by atoms with Gasteiger partial charge in [0.05, 0.1) is 12.2 Å². The zero-order valence-corrected chi connectivity index (χ0v) is 13.8. The lowest BCUT2D eigenvalue weighted by Crippen LogP contribution is -2.49. The van der Waals surface area contributed by atoms with Crippen LogP contribution in [0.2, 0.25) is 0 Å². The van der Waals surface area contributed by atoms with Crippen molar-refractivity contribution in [3.05, 3.63) is 24.0 Å². The number of H-pyrrole nitrogens is 1.